The van der Waals surface area contributed by atoms with Gasteiger partial charge in [0.25, 0.3) is 0 Å². The standard InChI is InChI=1S/C15H16N2O3/c1-2-13-6-16-14(20-13)9-17-7-11-4-3-10(15(18)19)5-12(11)8-17/h3-6H,2,7-9H2,1H3,(H,18,19). The maximum absolute atomic E-state index is 11.0. The van der Waals surface area contributed by atoms with Gasteiger partial charge >= 0.3 is 5.97 Å². The van der Waals surface area contributed by atoms with Crippen LogP contribution in [-0.4, -0.2) is 21.0 Å². The third-order valence-electron chi connectivity index (χ3n) is 3.55. The van der Waals surface area contributed by atoms with E-state index >= 15 is 0 Å². The van der Waals surface area contributed by atoms with Crippen molar-refractivity contribution in [3.05, 3.63) is 52.7 Å². The summed E-state index contributed by atoms with van der Waals surface area (Å²) in [7, 11) is 0. The third-order valence-corrected chi connectivity index (χ3v) is 3.55. The second-order valence-electron chi connectivity index (χ2n) is 5.01. The van der Waals surface area contributed by atoms with Gasteiger partial charge in [-0.05, 0) is 23.3 Å². The van der Waals surface area contributed by atoms with E-state index in [0.29, 0.717) is 18.0 Å². The number of fused-ring (bicyclic) bond motifs is 1. The topological polar surface area (TPSA) is 66.6 Å². The van der Waals surface area contributed by atoms with Crippen molar-refractivity contribution in [3.63, 3.8) is 0 Å². The van der Waals surface area contributed by atoms with Crippen LogP contribution in [0.1, 0.15) is 40.1 Å². The highest BCUT2D eigenvalue weighted by Crippen LogP contribution is 2.25. The monoisotopic (exact) mass is 272 g/mol. The minimum atomic E-state index is -0.883. The van der Waals surface area contributed by atoms with Gasteiger partial charge in [0.15, 0.2) is 0 Å². The second kappa shape index (κ2) is 5.09. The molecule has 5 heteroatoms. The van der Waals surface area contributed by atoms with E-state index in [1.807, 2.05) is 13.0 Å². The predicted octanol–water partition coefficient (Wildman–Crippen LogP) is 2.45. The number of carboxylic acid groups (broad SMARTS) is 1. The van der Waals surface area contributed by atoms with Gasteiger partial charge < -0.3 is 9.52 Å². The summed E-state index contributed by atoms with van der Waals surface area (Å²) < 4.78 is 5.61. The number of hydrogen-bond donors (Lipinski definition) is 1. The zero-order chi connectivity index (χ0) is 14.1. The van der Waals surface area contributed by atoms with Crippen molar-refractivity contribution in [1.82, 2.24) is 9.88 Å². The number of benzene rings is 1. The van der Waals surface area contributed by atoms with Crippen molar-refractivity contribution in [3.8, 4) is 0 Å². The Morgan fingerprint density at radius 3 is 2.90 bits per heavy atom. The Bertz CT molecular complexity index is 648. The lowest BCUT2D eigenvalue weighted by Gasteiger charge is -2.11. The first kappa shape index (κ1) is 12.9. The molecule has 104 valence electrons. The largest absolute Gasteiger partial charge is 0.478 e. The summed E-state index contributed by atoms with van der Waals surface area (Å²) >= 11 is 0. The van der Waals surface area contributed by atoms with E-state index in [4.69, 9.17) is 9.52 Å². The van der Waals surface area contributed by atoms with Gasteiger partial charge in [-0.1, -0.05) is 13.0 Å². The Kier molecular flexibility index (Phi) is 3.28. The lowest BCUT2D eigenvalue weighted by molar-refractivity contribution is 0.0696. The molecule has 0 saturated heterocycles. The van der Waals surface area contributed by atoms with E-state index in [1.165, 1.54) is 5.56 Å². The van der Waals surface area contributed by atoms with E-state index < -0.39 is 5.97 Å². The number of aryl methyl sites for hydroxylation is 1. The molecule has 0 fully saturated rings. The van der Waals surface area contributed by atoms with Crippen molar-refractivity contribution in [2.24, 2.45) is 0 Å². The summed E-state index contributed by atoms with van der Waals surface area (Å²) in [5.74, 6) is 0.726. The first-order chi connectivity index (χ1) is 9.65. The van der Waals surface area contributed by atoms with Crippen LogP contribution in [0.15, 0.2) is 28.8 Å². The molecule has 1 aromatic heterocycles. The Hall–Kier alpha value is -2.14. The van der Waals surface area contributed by atoms with E-state index in [2.05, 4.69) is 9.88 Å². The molecule has 0 atom stereocenters. The summed E-state index contributed by atoms with van der Waals surface area (Å²) in [6.45, 7) is 4.22. The number of carbonyl (C=O) groups is 1. The van der Waals surface area contributed by atoms with Crippen molar-refractivity contribution in [2.75, 3.05) is 0 Å². The van der Waals surface area contributed by atoms with E-state index in [-0.39, 0.29) is 0 Å². The zero-order valence-corrected chi connectivity index (χ0v) is 11.3. The minimum absolute atomic E-state index is 0.343. The molecule has 20 heavy (non-hydrogen) atoms. The van der Waals surface area contributed by atoms with E-state index in [0.717, 1.165) is 30.8 Å². The zero-order valence-electron chi connectivity index (χ0n) is 11.3. The molecule has 2 heterocycles. The van der Waals surface area contributed by atoms with Crippen LogP contribution >= 0.6 is 0 Å². The fraction of sp³-hybridized carbons (Fsp3) is 0.333. The predicted molar refractivity (Wildman–Crippen MR) is 72.2 cm³/mol. The molecule has 3 rings (SSSR count). The Morgan fingerprint density at radius 1 is 1.40 bits per heavy atom. The molecule has 0 unspecified atom stereocenters. The number of aromatic carboxylic acids is 1. The molecule has 1 aliphatic heterocycles. The van der Waals surface area contributed by atoms with Gasteiger partial charge in [-0.25, -0.2) is 9.78 Å². The van der Waals surface area contributed by atoms with Crippen molar-refractivity contribution < 1.29 is 14.3 Å². The second-order valence-corrected chi connectivity index (χ2v) is 5.01. The van der Waals surface area contributed by atoms with Gasteiger partial charge in [0.2, 0.25) is 5.89 Å². The van der Waals surface area contributed by atoms with E-state index in [1.54, 1.807) is 18.3 Å². The molecule has 0 saturated carbocycles. The number of rotatable bonds is 4. The Balaban J connectivity index is 1.72. The maximum atomic E-state index is 11.0. The normalized spacial score (nSPS) is 14.4. The molecule has 1 aliphatic rings. The number of carboxylic acids is 1. The van der Waals surface area contributed by atoms with Crippen LogP contribution < -0.4 is 0 Å². The van der Waals surface area contributed by atoms with E-state index in [9.17, 15) is 4.79 Å². The van der Waals surface area contributed by atoms with Crippen LogP contribution in [-0.2, 0) is 26.1 Å². The number of nitrogens with zero attached hydrogens (tertiary/aromatic N) is 2. The van der Waals surface area contributed by atoms with Gasteiger partial charge in [-0.15, -0.1) is 0 Å². The highest BCUT2D eigenvalue weighted by atomic mass is 16.4. The highest BCUT2D eigenvalue weighted by Gasteiger charge is 2.21. The lowest BCUT2D eigenvalue weighted by atomic mass is 10.1. The molecule has 0 aliphatic carbocycles. The molecule has 0 radical (unpaired) electrons. The van der Waals surface area contributed by atoms with Gasteiger partial charge in [-0.2, -0.15) is 0 Å². The summed E-state index contributed by atoms with van der Waals surface area (Å²) in [4.78, 5) is 17.4. The molecule has 0 amide bonds. The van der Waals surface area contributed by atoms with Crippen molar-refractivity contribution in [2.45, 2.75) is 33.0 Å². The molecule has 0 bridgehead atoms. The highest BCUT2D eigenvalue weighted by molar-refractivity contribution is 5.87. The van der Waals surface area contributed by atoms with Gasteiger partial charge in [-0.3, -0.25) is 4.90 Å². The summed E-state index contributed by atoms with van der Waals surface area (Å²) in [6, 6.07) is 5.31. The van der Waals surface area contributed by atoms with Crippen LogP contribution in [0.4, 0.5) is 0 Å². The van der Waals surface area contributed by atoms with Crippen LogP contribution in [0.5, 0.6) is 0 Å². The molecular weight excluding hydrogens is 256 g/mol. The van der Waals surface area contributed by atoms with Crippen LogP contribution in [0.2, 0.25) is 0 Å². The maximum Gasteiger partial charge on any atom is 0.335 e. The van der Waals surface area contributed by atoms with Crippen LogP contribution in [0.3, 0.4) is 0 Å². The van der Waals surface area contributed by atoms with Crippen LogP contribution in [0, 0.1) is 0 Å². The number of aromatic nitrogens is 1. The average molecular weight is 272 g/mol. The molecule has 5 nitrogen and oxygen atoms in total. The smallest absolute Gasteiger partial charge is 0.335 e. The molecule has 1 aromatic carbocycles. The fourth-order valence-corrected chi connectivity index (χ4v) is 2.49. The first-order valence-electron chi connectivity index (χ1n) is 6.66. The minimum Gasteiger partial charge on any atom is -0.478 e. The summed E-state index contributed by atoms with van der Waals surface area (Å²) in [5, 5.41) is 9.01. The van der Waals surface area contributed by atoms with Gasteiger partial charge in [0, 0.05) is 19.5 Å². The molecule has 1 N–H and O–H groups in total. The van der Waals surface area contributed by atoms with Crippen LogP contribution in [0.25, 0.3) is 0 Å². The van der Waals surface area contributed by atoms with Crippen molar-refractivity contribution in [1.29, 1.82) is 0 Å². The SMILES string of the molecule is CCc1cnc(CN2Cc3ccc(C(=O)O)cc3C2)o1. The molecule has 0 spiro atoms. The average Bonchev–Trinajstić information content (AvgIpc) is 3.03. The van der Waals surface area contributed by atoms with Crippen molar-refractivity contribution >= 4 is 5.97 Å². The molecular formula is C15H16N2O3. The quantitative estimate of drug-likeness (QED) is 0.926. The number of oxazole rings is 1. The Labute approximate surface area is 116 Å². The Morgan fingerprint density at radius 2 is 2.20 bits per heavy atom. The lowest BCUT2D eigenvalue weighted by Crippen LogP contribution is -2.15. The first-order valence-corrected chi connectivity index (χ1v) is 6.66. The third kappa shape index (κ3) is 2.44. The van der Waals surface area contributed by atoms with Gasteiger partial charge in [0.1, 0.15) is 5.76 Å². The number of hydrogen-bond acceptors (Lipinski definition) is 4. The fourth-order valence-electron chi connectivity index (χ4n) is 2.49. The molecule has 2 aromatic rings. The summed E-state index contributed by atoms with van der Waals surface area (Å²) in [5.41, 5.74) is 2.60. The van der Waals surface area contributed by atoms with Gasteiger partial charge in [0.05, 0.1) is 18.3 Å². The summed E-state index contributed by atoms with van der Waals surface area (Å²) in [6.07, 6.45) is 2.61.